The predicted octanol–water partition coefficient (Wildman–Crippen LogP) is 1.57. The molecule has 10 heteroatoms. The Morgan fingerprint density at radius 1 is 1.08 bits per heavy atom. The Bertz CT molecular complexity index is 881. The van der Waals surface area contributed by atoms with Gasteiger partial charge in [-0.25, -0.2) is 13.4 Å². The van der Waals surface area contributed by atoms with Gasteiger partial charge in [0, 0.05) is 11.1 Å². The highest BCUT2D eigenvalue weighted by atomic mass is 35.5. The van der Waals surface area contributed by atoms with Gasteiger partial charge in [-0.15, -0.1) is 0 Å². The van der Waals surface area contributed by atoms with Crippen molar-refractivity contribution in [1.82, 2.24) is 4.31 Å². The lowest BCUT2D eigenvalue weighted by Gasteiger charge is -2.30. The zero-order valence-corrected chi connectivity index (χ0v) is 14.7. The number of sulfonamides is 1. The van der Waals surface area contributed by atoms with Crippen LogP contribution in [0.2, 0.25) is 5.02 Å². The van der Waals surface area contributed by atoms with E-state index >= 15 is 0 Å². The number of anilines is 1. The van der Waals surface area contributed by atoms with Gasteiger partial charge in [0.1, 0.15) is 0 Å². The largest absolute Gasteiger partial charge is 0.357 e. The summed E-state index contributed by atoms with van der Waals surface area (Å²) in [5.74, 6) is 0.385. The Morgan fingerprint density at radius 2 is 1.72 bits per heavy atom. The molecule has 0 unspecified atom stereocenters. The van der Waals surface area contributed by atoms with Gasteiger partial charge in [0.2, 0.25) is 10.0 Å². The van der Waals surface area contributed by atoms with Crippen molar-refractivity contribution in [2.24, 2.45) is 0 Å². The Labute approximate surface area is 149 Å². The average molecular weight is 384 g/mol. The van der Waals surface area contributed by atoms with Crippen LogP contribution in [0.3, 0.4) is 0 Å². The van der Waals surface area contributed by atoms with Crippen LogP contribution in [0.1, 0.15) is 0 Å². The van der Waals surface area contributed by atoms with E-state index in [-0.39, 0.29) is 23.7 Å². The molecule has 1 aliphatic rings. The first kappa shape index (κ1) is 17.6. The highest BCUT2D eigenvalue weighted by Crippen LogP contribution is 2.25. The molecule has 1 aliphatic heterocycles. The van der Waals surface area contributed by atoms with Crippen LogP contribution in [-0.2, 0) is 10.0 Å². The number of halogens is 1. The highest BCUT2D eigenvalue weighted by molar-refractivity contribution is 7.89. The zero-order chi connectivity index (χ0) is 18.0. The summed E-state index contributed by atoms with van der Waals surface area (Å²) in [5, 5.41) is 11.6. The van der Waals surface area contributed by atoms with Gasteiger partial charge in [-0.2, -0.15) is 4.31 Å². The number of nitro groups is 1. The molecule has 2 aromatic rings. The summed E-state index contributed by atoms with van der Waals surface area (Å²) < 4.78 is 26.7. The first-order valence-corrected chi connectivity index (χ1v) is 9.37. The van der Waals surface area contributed by atoms with Crippen molar-refractivity contribution in [2.45, 2.75) is 4.90 Å². The Kier molecular flexibility index (Phi) is 4.89. The molecule has 0 bridgehead atoms. The number of hydrogen-bond donors (Lipinski definition) is 0. The second kappa shape index (κ2) is 6.95. The maximum absolute atomic E-state index is 12.7. The molecular formula is C15H16ClN4O4S+. The molecule has 0 amide bonds. The first-order valence-electron chi connectivity index (χ1n) is 7.55. The third kappa shape index (κ3) is 3.58. The normalized spacial score (nSPS) is 16.0. The number of nitrogens with zero attached hydrogens (tertiary/aromatic N) is 3. The van der Waals surface area contributed by atoms with Crippen molar-refractivity contribution in [3.63, 3.8) is 0 Å². The Balaban J connectivity index is 1.76. The van der Waals surface area contributed by atoms with Crippen molar-refractivity contribution in [3.05, 3.63) is 57.7 Å². The van der Waals surface area contributed by atoms with Crippen LogP contribution in [0.4, 0.5) is 11.5 Å². The lowest BCUT2D eigenvalue weighted by atomic mass is 10.3. The maximum Gasteiger partial charge on any atom is 0.357 e. The second-order valence-corrected chi connectivity index (χ2v) is 7.88. The van der Waals surface area contributed by atoms with E-state index in [0.717, 1.165) is 0 Å². The minimum atomic E-state index is -3.61. The SMILES string of the molecule is O=[N+]([O-])c1ccc[nH+]c1N1CCN(S(=O)(=O)c2ccc(Cl)cc2)CC1. The van der Waals surface area contributed by atoms with Gasteiger partial charge in [0.15, 0.2) is 0 Å². The summed E-state index contributed by atoms with van der Waals surface area (Å²) >= 11 is 5.80. The molecular weight excluding hydrogens is 368 g/mol. The van der Waals surface area contributed by atoms with E-state index in [4.69, 9.17) is 11.6 Å². The quantitative estimate of drug-likeness (QED) is 0.589. The number of rotatable bonds is 4. The van der Waals surface area contributed by atoms with Gasteiger partial charge in [-0.1, -0.05) is 11.6 Å². The molecule has 1 aromatic carbocycles. The van der Waals surface area contributed by atoms with Crippen LogP contribution in [-0.4, -0.2) is 43.8 Å². The molecule has 0 saturated carbocycles. The van der Waals surface area contributed by atoms with E-state index in [1.54, 1.807) is 17.2 Å². The van der Waals surface area contributed by atoms with Crippen molar-refractivity contribution >= 4 is 33.1 Å². The number of piperazine rings is 1. The first-order chi connectivity index (χ1) is 11.9. The number of nitrogens with one attached hydrogen (secondary N) is 1. The summed E-state index contributed by atoms with van der Waals surface area (Å²) in [6.45, 7) is 1.19. The average Bonchev–Trinajstić information content (AvgIpc) is 2.62. The fourth-order valence-electron chi connectivity index (χ4n) is 2.73. The summed E-state index contributed by atoms with van der Waals surface area (Å²) in [6.07, 6.45) is 1.61. The van der Waals surface area contributed by atoms with Crippen LogP contribution in [0.5, 0.6) is 0 Å². The molecule has 132 valence electrons. The standard InChI is InChI=1S/C15H15ClN4O4S/c16-12-3-5-13(6-4-12)25(23,24)19-10-8-18(9-11-19)15-14(20(21)22)2-1-7-17-15/h1-7H,8-11H2/p+1. The topological polar surface area (TPSA) is 97.9 Å². The van der Waals surface area contributed by atoms with Crippen molar-refractivity contribution in [3.8, 4) is 0 Å². The number of aromatic amines is 1. The number of pyridine rings is 1. The van der Waals surface area contributed by atoms with Gasteiger partial charge >= 0.3 is 11.5 Å². The lowest BCUT2D eigenvalue weighted by molar-refractivity contribution is -0.411. The van der Waals surface area contributed by atoms with E-state index < -0.39 is 14.9 Å². The van der Waals surface area contributed by atoms with Crippen LogP contribution in [0.15, 0.2) is 47.5 Å². The summed E-state index contributed by atoms with van der Waals surface area (Å²) in [6, 6.07) is 8.99. The number of hydrogen-bond acceptors (Lipinski definition) is 5. The molecule has 0 radical (unpaired) electrons. The van der Waals surface area contributed by atoms with E-state index in [1.807, 2.05) is 0 Å². The Hall–Kier alpha value is -2.23. The Morgan fingerprint density at radius 3 is 2.32 bits per heavy atom. The summed E-state index contributed by atoms with van der Waals surface area (Å²) in [4.78, 5) is 15.5. The van der Waals surface area contributed by atoms with E-state index in [1.165, 1.54) is 34.6 Å². The fraction of sp³-hybridized carbons (Fsp3) is 0.267. The molecule has 2 heterocycles. The van der Waals surface area contributed by atoms with Gasteiger partial charge in [0.05, 0.1) is 42.2 Å². The summed E-state index contributed by atoms with van der Waals surface area (Å²) in [7, 11) is -3.61. The van der Waals surface area contributed by atoms with Gasteiger partial charge in [0.25, 0.3) is 0 Å². The molecule has 0 spiro atoms. The number of benzene rings is 1. The predicted molar refractivity (Wildman–Crippen MR) is 92.1 cm³/mol. The molecule has 8 nitrogen and oxygen atoms in total. The van der Waals surface area contributed by atoms with Gasteiger partial charge in [-0.3, -0.25) is 15.0 Å². The van der Waals surface area contributed by atoms with Gasteiger partial charge in [-0.05, 0) is 30.3 Å². The molecule has 0 aliphatic carbocycles. The number of H-pyrrole nitrogens is 1. The van der Waals surface area contributed by atoms with E-state index in [2.05, 4.69) is 4.98 Å². The number of aromatic nitrogens is 1. The van der Waals surface area contributed by atoms with Crippen LogP contribution >= 0.6 is 11.6 Å². The molecule has 25 heavy (non-hydrogen) atoms. The highest BCUT2D eigenvalue weighted by Gasteiger charge is 2.35. The molecule has 1 N–H and O–H groups in total. The molecule has 1 fully saturated rings. The molecule has 3 rings (SSSR count). The van der Waals surface area contributed by atoms with E-state index in [9.17, 15) is 18.5 Å². The van der Waals surface area contributed by atoms with Crippen LogP contribution in [0.25, 0.3) is 0 Å². The van der Waals surface area contributed by atoms with E-state index in [0.29, 0.717) is 23.9 Å². The van der Waals surface area contributed by atoms with Gasteiger partial charge < -0.3 is 0 Å². The molecule has 0 atom stereocenters. The minimum Gasteiger partial charge on any atom is -0.258 e. The third-order valence-corrected chi connectivity index (χ3v) is 6.18. The monoisotopic (exact) mass is 383 g/mol. The minimum absolute atomic E-state index is 0.0310. The maximum atomic E-state index is 12.7. The zero-order valence-electron chi connectivity index (χ0n) is 13.1. The smallest absolute Gasteiger partial charge is 0.258 e. The van der Waals surface area contributed by atoms with Crippen molar-refractivity contribution in [2.75, 3.05) is 31.1 Å². The van der Waals surface area contributed by atoms with Crippen molar-refractivity contribution in [1.29, 1.82) is 0 Å². The van der Waals surface area contributed by atoms with Crippen molar-refractivity contribution < 1.29 is 18.3 Å². The lowest BCUT2D eigenvalue weighted by Crippen LogP contribution is -2.50. The van der Waals surface area contributed by atoms with Crippen LogP contribution < -0.4 is 9.88 Å². The fourth-order valence-corrected chi connectivity index (χ4v) is 4.28. The molecule has 1 aromatic heterocycles. The second-order valence-electron chi connectivity index (χ2n) is 5.51. The van der Waals surface area contributed by atoms with Crippen LogP contribution in [0, 0.1) is 10.1 Å². The molecule has 1 saturated heterocycles. The third-order valence-electron chi connectivity index (χ3n) is 4.02. The summed E-state index contributed by atoms with van der Waals surface area (Å²) in [5.41, 5.74) is -0.0310.